The molecule has 35 heavy (non-hydrogen) atoms. The zero-order valence-electron chi connectivity index (χ0n) is 19.9. The van der Waals surface area contributed by atoms with E-state index < -0.39 is 17.3 Å². The summed E-state index contributed by atoms with van der Waals surface area (Å²) in [6.07, 6.45) is 9.54. The summed E-state index contributed by atoms with van der Waals surface area (Å²) >= 11 is 0. The zero-order chi connectivity index (χ0) is 24.4. The number of fused-ring (bicyclic) bond motifs is 1. The summed E-state index contributed by atoms with van der Waals surface area (Å²) < 4.78 is 8.20. The van der Waals surface area contributed by atoms with Gasteiger partial charge in [-0.1, -0.05) is 0 Å². The molecular formula is C26H28N6O3. The number of nitrogens with zero attached hydrogens (tertiary/aromatic N) is 6. The second-order valence-electron chi connectivity index (χ2n) is 10.9. The molecule has 1 aromatic carbocycles. The van der Waals surface area contributed by atoms with E-state index in [1.54, 1.807) is 24.8 Å². The Balaban J connectivity index is 1.24. The van der Waals surface area contributed by atoms with Crippen LogP contribution in [0.2, 0.25) is 0 Å². The number of benzene rings is 1. The van der Waals surface area contributed by atoms with E-state index in [-0.39, 0.29) is 0 Å². The third-order valence-electron chi connectivity index (χ3n) is 8.13. The molecule has 3 aliphatic rings. The number of carbonyl (C=O) groups excluding carboxylic acids is 1. The topological polar surface area (TPSA) is 117 Å². The second kappa shape index (κ2) is 7.49. The molecule has 0 unspecified atom stereocenters. The molecule has 3 heterocycles. The molecule has 1 N–H and O–H groups in total. The molecule has 3 fully saturated rings. The van der Waals surface area contributed by atoms with Crippen LogP contribution in [0.4, 0.5) is 10.6 Å². The Bertz CT molecular complexity index is 1350. The average Bonchev–Trinajstić information content (AvgIpc) is 3.41. The Morgan fingerprint density at radius 2 is 2.00 bits per heavy atom. The highest BCUT2D eigenvalue weighted by molar-refractivity contribution is 5.89. The van der Waals surface area contributed by atoms with Crippen LogP contribution in [0.3, 0.4) is 0 Å². The lowest BCUT2D eigenvalue weighted by Gasteiger charge is -2.41. The van der Waals surface area contributed by atoms with Crippen molar-refractivity contribution in [2.24, 2.45) is 11.3 Å². The number of aliphatic hydroxyl groups is 1. The number of rotatable bonds is 4. The lowest BCUT2D eigenvalue weighted by Crippen LogP contribution is -2.44. The van der Waals surface area contributed by atoms with Crippen LogP contribution >= 0.6 is 0 Å². The van der Waals surface area contributed by atoms with Gasteiger partial charge in [0.2, 0.25) is 0 Å². The van der Waals surface area contributed by atoms with Crippen LogP contribution in [0.15, 0.2) is 36.9 Å². The summed E-state index contributed by atoms with van der Waals surface area (Å²) in [6.45, 7) is 4.52. The van der Waals surface area contributed by atoms with Gasteiger partial charge in [-0.25, -0.2) is 14.8 Å². The van der Waals surface area contributed by atoms with Gasteiger partial charge in [0.1, 0.15) is 11.2 Å². The number of carbonyl (C=O) groups is 1. The molecule has 2 atom stereocenters. The van der Waals surface area contributed by atoms with Gasteiger partial charge in [0, 0.05) is 6.54 Å². The van der Waals surface area contributed by atoms with Crippen molar-refractivity contribution >= 4 is 22.9 Å². The lowest BCUT2D eigenvalue weighted by atomic mass is 9.69. The molecule has 9 heteroatoms. The monoisotopic (exact) mass is 472 g/mol. The highest BCUT2D eigenvalue weighted by atomic mass is 16.6. The van der Waals surface area contributed by atoms with E-state index in [4.69, 9.17) is 4.74 Å². The van der Waals surface area contributed by atoms with E-state index in [0.29, 0.717) is 35.0 Å². The van der Waals surface area contributed by atoms with Crippen molar-refractivity contribution in [3.8, 4) is 6.07 Å². The Labute approximate surface area is 203 Å². The van der Waals surface area contributed by atoms with Gasteiger partial charge in [-0.05, 0) is 75.5 Å². The van der Waals surface area contributed by atoms with Crippen molar-refractivity contribution in [1.82, 2.24) is 19.5 Å². The van der Waals surface area contributed by atoms with Crippen LogP contribution < -0.4 is 4.90 Å². The van der Waals surface area contributed by atoms with E-state index in [0.717, 1.165) is 36.8 Å². The number of ether oxygens (including phenoxy) is 1. The van der Waals surface area contributed by atoms with Gasteiger partial charge in [-0.3, -0.25) is 9.88 Å². The molecule has 2 saturated carbocycles. The molecule has 6 rings (SSSR count). The first-order valence-corrected chi connectivity index (χ1v) is 12.1. The van der Waals surface area contributed by atoms with Gasteiger partial charge in [-0.2, -0.15) is 5.26 Å². The Morgan fingerprint density at radius 1 is 1.20 bits per heavy atom. The summed E-state index contributed by atoms with van der Waals surface area (Å²) in [4.78, 5) is 27.7. The molecular weight excluding hydrogens is 444 g/mol. The van der Waals surface area contributed by atoms with Crippen molar-refractivity contribution < 1.29 is 14.6 Å². The molecule has 1 amide bonds. The van der Waals surface area contributed by atoms with Crippen LogP contribution in [0.5, 0.6) is 0 Å². The Kier molecular flexibility index (Phi) is 4.71. The lowest BCUT2D eigenvalue weighted by molar-refractivity contribution is -0.0230. The summed E-state index contributed by atoms with van der Waals surface area (Å²) in [5.41, 5.74) is 1.56. The number of hydrogen-bond donors (Lipinski definition) is 1. The SMILES string of the molecule is CC(C)(O)c1cnc(N2C[C@@]3(CCC4(CC4)[C@@H](Cn4cnc5ccc(C#N)cc54)C3)OC2=O)cn1. The fraction of sp³-hybridized carbons (Fsp3) is 0.500. The van der Waals surface area contributed by atoms with Crippen LogP contribution in [0.25, 0.3) is 11.0 Å². The fourth-order valence-electron chi connectivity index (χ4n) is 5.85. The molecule has 2 spiro atoms. The third kappa shape index (κ3) is 3.73. The van der Waals surface area contributed by atoms with E-state index in [2.05, 4.69) is 25.6 Å². The van der Waals surface area contributed by atoms with E-state index in [1.807, 2.05) is 18.5 Å². The normalized spacial score (nSPS) is 25.3. The van der Waals surface area contributed by atoms with Crippen LogP contribution in [0, 0.1) is 22.7 Å². The van der Waals surface area contributed by atoms with Gasteiger partial charge in [0.25, 0.3) is 0 Å². The number of anilines is 1. The molecule has 2 aliphatic carbocycles. The van der Waals surface area contributed by atoms with Crippen LogP contribution in [0.1, 0.15) is 57.2 Å². The average molecular weight is 473 g/mol. The number of imidazole rings is 1. The standard InChI is InChI=1S/C26H28N6O3/c1-24(2,34)21-12-29-22(13-28-21)32-15-26(35-23(32)33)8-7-25(5-6-25)18(10-26)14-31-16-30-19-4-3-17(11-27)9-20(19)31/h3-4,9,12-13,16,18,34H,5-8,10,14-15H2,1-2H3/t18-,26+/m1/s1. The molecule has 3 aromatic rings. The third-order valence-corrected chi connectivity index (χ3v) is 8.13. The van der Waals surface area contributed by atoms with Gasteiger partial charge in [-0.15, -0.1) is 0 Å². The van der Waals surface area contributed by atoms with Crippen molar-refractivity contribution in [2.45, 2.75) is 63.7 Å². The van der Waals surface area contributed by atoms with Crippen molar-refractivity contribution in [3.63, 3.8) is 0 Å². The minimum atomic E-state index is -1.10. The first-order valence-electron chi connectivity index (χ1n) is 12.1. The number of aromatic nitrogens is 4. The highest BCUT2D eigenvalue weighted by Crippen LogP contribution is 2.63. The van der Waals surface area contributed by atoms with Gasteiger partial charge >= 0.3 is 6.09 Å². The summed E-state index contributed by atoms with van der Waals surface area (Å²) in [6, 6.07) is 7.79. The second-order valence-corrected chi connectivity index (χ2v) is 10.9. The quantitative estimate of drug-likeness (QED) is 0.612. The molecule has 1 aliphatic heterocycles. The zero-order valence-corrected chi connectivity index (χ0v) is 19.9. The maximum Gasteiger partial charge on any atom is 0.416 e. The van der Waals surface area contributed by atoms with Crippen molar-refractivity contribution in [3.05, 3.63) is 48.2 Å². The highest BCUT2D eigenvalue weighted by Gasteiger charge is 2.59. The van der Waals surface area contributed by atoms with E-state index in [9.17, 15) is 15.2 Å². The minimum absolute atomic E-state index is 0.294. The Hall–Kier alpha value is -3.51. The van der Waals surface area contributed by atoms with Gasteiger partial charge < -0.3 is 14.4 Å². The van der Waals surface area contributed by atoms with Crippen LogP contribution in [-0.2, 0) is 16.9 Å². The molecule has 0 bridgehead atoms. The van der Waals surface area contributed by atoms with Gasteiger partial charge in [0.15, 0.2) is 5.82 Å². The fourth-order valence-corrected chi connectivity index (χ4v) is 5.85. The molecule has 180 valence electrons. The largest absolute Gasteiger partial charge is 0.441 e. The summed E-state index contributed by atoms with van der Waals surface area (Å²) in [7, 11) is 0. The van der Waals surface area contributed by atoms with Crippen molar-refractivity contribution in [2.75, 3.05) is 11.4 Å². The molecule has 1 saturated heterocycles. The molecule has 2 aromatic heterocycles. The predicted octanol–water partition coefficient (Wildman–Crippen LogP) is 3.90. The van der Waals surface area contributed by atoms with Gasteiger partial charge in [0.05, 0.1) is 53.6 Å². The predicted molar refractivity (Wildman–Crippen MR) is 127 cm³/mol. The first-order chi connectivity index (χ1) is 16.7. The molecule has 9 nitrogen and oxygen atoms in total. The Morgan fingerprint density at radius 3 is 2.69 bits per heavy atom. The maximum atomic E-state index is 12.9. The summed E-state index contributed by atoms with van der Waals surface area (Å²) in [5, 5.41) is 19.5. The molecule has 0 radical (unpaired) electrons. The first kappa shape index (κ1) is 22.0. The smallest absolute Gasteiger partial charge is 0.416 e. The number of nitriles is 1. The summed E-state index contributed by atoms with van der Waals surface area (Å²) in [5.74, 6) is 0.781. The number of hydrogen-bond acceptors (Lipinski definition) is 7. The van der Waals surface area contributed by atoms with Crippen LogP contribution in [-0.4, -0.2) is 42.9 Å². The minimum Gasteiger partial charge on any atom is -0.441 e. The maximum absolute atomic E-state index is 12.9. The van der Waals surface area contributed by atoms with E-state index >= 15 is 0 Å². The van der Waals surface area contributed by atoms with E-state index in [1.165, 1.54) is 25.2 Å². The number of amides is 1. The van der Waals surface area contributed by atoms with Crippen molar-refractivity contribution in [1.29, 1.82) is 5.26 Å².